The zero-order chi connectivity index (χ0) is 27.7. The first-order valence-corrected chi connectivity index (χ1v) is 13.7. The first-order valence-electron chi connectivity index (χ1n) is 13.7. The summed E-state index contributed by atoms with van der Waals surface area (Å²) in [5, 5.41) is 12.4. The predicted molar refractivity (Wildman–Crippen MR) is 156 cm³/mol. The molecule has 1 aliphatic heterocycles. The number of amides is 1. The van der Waals surface area contributed by atoms with E-state index in [4.69, 9.17) is 9.47 Å². The van der Waals surface area contributed by atoms with Crippen LogP contribution in [0.25, 0.3) is 0 Å². The summed E-state index contributed by atoms with van der Waals surface area (Å²) >= 11 is 0. The highest BCUT2D eigenvalue weighted by Gasteiger charge is 2.33. The molecule has 4 aromatic rings. The lowest BCUT2D eigenvalue weighted by atomic mass is 9.99. The monoisotopic (exact) mass is 536 g/mol. The van der Waals surface area contributed by atoms with Crippen LogP contribution < -0.4 is 5.32 Å². The van der Waals surface area contributed by atoms with Gasteiger partial charge in [-0.25, -0.2) is 0 Å². The lowest BCUT2D eigenvalue weighted by Crippen LogP contribution is -2.39. The topological polar surface area (TPSA) is 71.0 Å². The average Bonchev–Trinajstić information content (AvgIpc) is 2.98. The van der Waals surface area contributed by atoms with Crippen molar-refractivity contribution >= 4 is 11.6 Å². The molecule has 6 nitrogen and oxygen atoms in total. The van der Waals surface area contributed by atoms with Gasteiger partial charge >= 0.3 is 0 Å². The van der Waals surface area contributed by atoms with Gasteiger partial charge < -0.3 is 19.9 Å². The predicted octanol–water partition coefficient (Wildman–Crippen LogP) is 6.39. The van der Waals surface area contributed by atoms with Gasteiger partial charge in [-0.05, 0) is 34.4 Å². The van der Waals surface area contributed by atoms with Crippen LogP contribution in [0.4, 0.5) is 5.69 Å². The lowest BCUT2D eigenvalue weighted by molar-refractivity contribution is -0.253. The minimum Gasteiger partial charge on any atom is -0.392 e. The molecule has 206 valence electrons. The van der Waals surface area contributed by atoms with E-state index < -0.39 is 6.29 Å². The van der Waals surface area contributed by atoms with Gasteiger partial charge in [-0.15, -0.1) is 0 Å². The van der Waals surface area contributed by atoms with E-state index in [1.54, 1.807) is 0 Å². The summed E-state index contributed by atoms with van der Waals surface area (Å²) in [6.45, 7) is 3.82. The Morgan fingerprint density at radius 2 is 1.45 bits per heavy atom. The van der Waals surface area contributed by atoms with Crippen LogP contribution in [-0.2, 0) is 34.0 Å². The number of carbonyl (C=O) groups excluding carboxylic acids is 1. The maximum Gasteiger partial charge on any atom is 0.221 e. The van der Waals surface area contributed by atoms with Crippen molar-refractivity contribution in [1.82, 2.24) is 4.90 Å². The van der Waals surface area contributed by atoms with Crippen molar-refractivity contribution in [3.63, 3.8) is 0 Å². The largest absolute Gasteiger partial charge is 0.392 e. The zero-order valence-corrected chi connectivity index (χ0v) is 22.8. The Balaban J connectivity index is 1.41. The van der Waals surface area contributed by atoms with Crippen LogP contribution >= 0.6 is 0 Å². The summed E-state index contributed by atoms with van der Waals surface area (Å²) in [7, 11) is 0. The van der Waals surface area contributed by atoms with E-state index in [-0.39, 0.29) is 24.7 Å². The van der Waals surface area contributed by atoms with Crippen molar-refractivity contribution in [3.8, 4) is 0 Å². The Morgan fingerprint density at radius 1 is 0.800 bits per heavy atom. The van der Waals surface area contributed by atoms with E-state index in [2.05, 4.69) is 58.7 Å². The first kappa shape index (κ1) is 27.7. The Bertz CT molecular complexity index is 1320. The van der Waals surface area contributed by atoms with Gasteiger partial charge in [0.1, 0.15) is 0 Å². The summed E-state index contributed by atoms with van der Waals surface area (Å²) in [4.78, 5) is 14.1. The number of hydrogen-bond acceptors (Lipinski definition) is 5. The normalized spacial score (nSPS) is 18.9. The molecule has 0 spiro atoms. The van der Waals surface area contributed by atoms with E-state index in [9.17, 15) is 9.90 Å². The van der Waals surface area contributed by atoms with Crippen molar-refractivity contribution < 1.29 is 19.4 Å². The van der Waals surface area contributed by atoms with Gasteiger partial charge in [0, 0.05) is 44.2 Å². The number of benzene rings is 4. The van der Waals surface area contributed by atoms with Crippen LogP contribution in [0.1, 0.15) is 53.6 Å². The molecule has 0 aliphatic carbocycles. The van der Waals surface area contributed by atoms with E-state index in [0.717, 1.165) is 36.3 Å². The van der Waals surface area contributed by atoms with Gasteiger partial charge in [0.05, 0.1) is 18.8 Å². The van der Waals surface area contributed by atoms with E-state index in [1.807, 2.05) is 60.7 Å². The van der Waals surface area contributed by atoms with Gasteiger partial charge in [0.25, 0.3) is 0 Å². The Hall–Kier alpha value is -3.81. The number of anilines is 1. The second kappa shape index (κ2) is 13.5. The van der Waals surface area contributed by atoms with Crippen molar-refractivity contribution in [2.24, 2.45) is 0 Å². The number of hydrogen-bond donors (Lipinski definition) is 2. The molecule has 0 bridgehead atoms. The molecule has 1 aliphatic rings. The standard InChI is InChI=1S/C34H36N2O4/c1-25(38)35-31-14-8-13-30(19-31)34-39-32(20-33(40-34)29-17-15-28(24-37)16-18-29)23-36(21-26-9-4-2-5-10-26)22-27-11-6-3-7-12-27/h2-19,32-34,37H,20-24H2,1H3,(H,35,38)/t32-,33+,34+/m1/s1. The van der Waals surface area contributed by atoms with Crippen molar-refractivity contribution in [2.45, 2.75) is 51.5 Å². The fraction of sp³-hybridized carbons (Fsp3) is 0.265. The highest BCUT2D eigenvalue weighted by molar-refractivity contribution is 5.88. The molecule has 2 N–H and O–H groups in total. The van der Waals surface area contributed by atoms with Crippen molar-refractivity contribution in [3.05, 3.63) is 137 Å². The van der Waals surface area contributed by atoms with Crippen LogP contribution in [0.2, 0.25) is 0 Å². The summed E-state index contributed by atoms with van der Waals surface area (Å²) in [6.07, 6.45) is -0.180. The van der Waals surface area contributed by atoms with Gasteiger partial charge in [0.2, 0.25) is 5.91 Å². The fourth-order valence-corrected chi connectivity index (χ4v) is 5.16. The van der Waals surface area contributed by atoms with E-state index in [1.165, 1.54) is 18.1 Å². The smallest absolute Gasteiger partial charge is 0.221 e. The molecule has 4 aromatic carbocycles. The summed E-state index contributed by atoms with van der Waals surface area (Å²) in [5.74, 6) is -0.125. The fourth-order valence-electron chi connectivity index (χ4n) is 5.16. The maximum absolute atomic E-state index is 11.7. The summed E-state index contributed by atoms with van der Waals surface area (Å²) < 4.78 is 13.1. The van der Waals surface area contributed by atoms with E-state index in [0.29, 0.717) is 12.1 Å². The number of nitrogens with one attached hydrogen (secondary N) is 1. The molecular weight excluding hydrogens is 500 g/mol. The molecule has 6 heteroatoms. The first-order chi connectivity index (χ1) is 19.6. The van der Waals surface area contributed by atoms with E-state index >= 15 is 0 Å². The molecule has 3 atom stereocenters. The number of carbonyl (C=O) groups is 1. The average molecular weight is 537 g/mol. The van der Waals surface area contributed by atoms with Crippen LogP contribution in [-0.4, -0.2) is 28.6 Å². The summed E-state index contributed by atoms with van der Waals surface area (Å²) in [6, 6.07) is 36.6. The molecular formula is C34H36N2O4. The molecule has 1 heterocycles. The SMILES string of the molecule is CC(=O)Nc1cccc([C@H]2O[C@@H](CN(Cc3ccccc3)Cc3ccccc3)C[C@@H](c3ccc(CO)cc3)O2)c1. The summed E-state index contributed by atoms with van der Waals surface area (Å²) in [5.41, 5.74) is 5.97. The quantitative estimate of drug-likeness (QED) is 0.246. The second-order valence-electron chi connectivity index (χ2n) is 10.3. The highest BCUT2D eigenvalue weighted by Crippen LogP contribution is 2.39. The molecule has 40 heavy (non-hydrogen) atoms. The van der Waals surface area contributed by atoms with Crippen molar-refractivity contribution in [2.75, 3.05) is 11.9 Å². The number of rotatable bonds is 10. The third-order valence-corrected chi connectivity index (χ3v) is 7.05. The maximum atomic E-state index is 11.7. The molecule has 0 unspecified atom stereocenters. The minimum atomic E-state index is -0.592. The molecule has 0 saturated carbocycles. The van der Waals surface area contributed by atoms with Gasteiger partial charge in [-0.3, -0.25) is 9.69 Å². The third kappa shape index (κ3) is 7.64. The van der Waals surface area contributed by atoms with Gasteiger partial charge in [0.15, 0.2) is 6.29 Å². The number of aliphatic hydroxyl groups excluding tert-OH is 1. The van der Waals surface area contributed by atoms with Crippen LogP contribution in [0.5, 0.6) is 0 Å². The molecule has 0 radical (unpaired) electrons. The highest BCUT2D eigenvalue weighted by atomic mass is 16.7. The molecule has 0 aromatic heterocycles. The zero-order valence-electron chi connectivity index (χ0n) is 22.8. The lowest BCUT2D eigenvalue weighted by Gasteiger charge is -2.38. The number of ether oxygens (including phenoxy) is 2. The molecule has 1 saturated heterocycles. The Labute approximate surface area is 236 Å². The number of nitrogens with zero attached hydrogens (tertiary/aromatic N) is 1. The van der Waals surface area contributed by atoms with Gasteiger partial charge in [-0.1, -0.05) is 97.1 Å². The van der Waals surface area contributed by atoms with Gasteiger partial charge in [-0.2, -0.15) is 0 Å². The number of aliphatic hydroxyl groups is 1. The second-order valence-corrected chi connectivity index (χ2v) is 10.3. The van der Waals surface area contributed by atoms with Crippen LogP contribution in [0, 0.1) is 0 Å². The minimum absolute atomic E-state index is 0.00401. The van der Waals surface area contributed by atoms with Crippen LogP contribution in [0.15, 0.2) is 109 Å². The molecule has 1 fully saturated rings. The molecule has 1 amide bonds. The Kier molecular flexibility index (Phi) is 9.37. The third-order valence-electron chi connectivity index (χ3n) is 7.05. The Morgan fingerprint density at radius 3 is 2.05 bits per heavy atom. The van der Waals surface area contributed by atoms with Crippen molar-refractivity contribution in [1.29, 1.82) is 0 Å². The van der Waals surface area contributed by atoms with Crippen LogP contribution in [0.3, 0.4) is 0 Å². The molecule has 5 rings (SSSR count).